The Kier molecular flexibility index (Phi) is 3.29. The maximum Gasteiger partial charge on any atom is 0.0835 e. The molecule has 0 saturated carbocycles. The van der Waals surface area contributed by atoms with Gasteiger partial charge in [0, 0.05) is 13.7 Å². The molecule has 5 heteroatoms. The van der Waals surface area contributed by atoms with Crippen LogP contribution in [0.2, 0.25) is 5.02 Å². The lowest BCUT2D eigenvalue weighted by atomic mass is 10.1. The second-order valence-corrected chi connectivity index (χ2v) is 4.23. The second kappa shape index (κ2) is 4.51. The smallest absolute Gasteiger partial charge is 0.0835 e. The first-order valence-electron chi connectivity index (χ1n) is 5.20. The number of ether oxygens (including phenoxy) is 1. The van der Waals surface area contributed by atoms with Gasteiger partial charge in [-0.15, -0.1) is 0 Å². The molecule has 0 aromatic carbocycles. The molecule has 1 aromatic heterocycles. The van der Waals surface area contributed by atoms with Crippen LogP contribution in [0.25, 0.3) is 0 Å². The van der Waals surface area contributed by atoms with Gasteiger partial charge in [-0.3, -0.25) is 4.68 Å². The number of nitrogens with one attached hydrogen (secondary N) is 1. The SMILES string of the molecule is CNC(c1c(Cl)cnn1C)C1CCCO1. The molecule has 2 atom stereocenters. The Hall–Kier alpha value is -0.580. The minimum absolute atomic E-state index is 0.132. The van der Waals surface area contributed by atoms with Crippen molar-refractivity contribution in [1.82, 2.24) is 15.1 Å². The summed E-state index contributed by atoms with van der Waals surface area (Å²) >= 11 is 6.12. The van der Waals surface area contributed by atoms with Gasteiger partial charge in [0.1, 0.15) is 0 Å². The van der Waals surface area contributed by atoms with Crippen LogP contribution in [0.3, 0.4) is 0 Å². The molecule has 1 aliphatic rings. The van der Waals surface area contributed by atoms with Gasteiger partial charge in [-0.05, 0) is 19.9 Å². The minimum Gasteiger partial charge on any atom is -0.376 e. The van der Waals surface area contributed by atoms with E-state index in [4.69, 9.17) is 16.3 Å². The van der Waals surface area contributed by atoms with Crippen molar-refractivity contribution in [3.63, 3.8) is 0 Å². The molecule has 0 bridgehead atoms. The molecule has 1 aliphatic heterocycles. The fourth-order valence-corrected chi connectivity index (χ4v) is 2.42. The molecule has 1 saturated heterocycles. The summed E-state index contributed by atoms with van der Waals surface area (Å²) in [5.41, 5.74) is 1.01. The third-order valence-electron chi connectivity index (χ3n) is 2.88. The molecule has 84 valence electrons. The largest absolute Gasteiger partial charge is 0.376 e. The third kappa shape index (κ3) is 2.02. The number of aryl methyl sites for hydroxylation is 1. The maximum absolute atomic E-state index is 6.12. The fraction of sp³-hybridized carbons (Fsp3) is 0.700. The molecule has 1 N–H and O–H groups in total. The summed E-state index contributed by atoms with van der Waals surface area (Å²) in [6, 6.07) is 0.132. The first-order chi connectivity index (χ1) is 7.24. The number of rotatable bonds is 3. The van der Waals surface area contributed by atoms with Crippen molar-refractivity contribution in [3.05, 3.63) is 16.9 Å². The summed E-state index contributed by atoms with van der Waals surface area (Å²) in [7, 11) is 3.83. The van der Waals surface area contributed by atoms with Crippen molar-refractivity contribution in [1.29, 1.82) is 0 Å². The zero-order valence-corrected chi connectivity index (χ0v) is 9.79. The number of halogens is 1. The quantitative estimate of drug-likeness (QED) is 0.854. The monoisotopic (exact) mass is 229 g/mol. The van der Waals surface area contributed by atoms with Crippen molar-refractivity contribution in [3.8, 4) is 0 Å². The Morgan fingerprint density at radius 3 is 3.00 bits per heavy atom. The predicted octanol–water partition coefficient (Wildman–Crippen LogP) is 1.51. The molecule has 0 spiro atoms. The van der Waals surface area contributed by atoms with E-state index in [0.717, 1.165) is 25.1 Å². The van der Waals surface area contributed by atoms with Crippen LogP contribution in [0, 0.1) is 0 Å². The number of hydrogen-bond acceptors (Lipinski definition) is 3. The first kappa shape index (κ1) is 10.9. The molecular weight excluding hydrogens is 214 g/mol. The van der Waals surface area contributed by atoms with Crippen LogP contribution in [0.15, 0.2) is 6.20 Å². The van der Waals surface area contributed by atoms with Gasteiger partial charge >= 0.3 is 0 Å². The van der Waals surface area contributed by atoms with E-state index < -0.39 is 0 Å². The van der Waals surface area contributed by atoms with Crippen molar-refractivity contribution < 1.29 is 4.74 Å². The minimum atomic E-state index is 0.132. The zero-order valence-electron chi connectivity index (χ0n) is 9.03. The summed E-state index contributed by atoms with van der Waals surface area (Å²) in [6.07, 6.45) is 4.09. The van der Waals surface area contributed by atoms with E-state index in [9.17, 15) is 0 Å². The topological polar surface area (TPSA) is 39.1 Å². The van der Waals surface area contributed by atoms with Gasteiger partial charge in [-0.1, -0.05) is 11.6 Å². The van der Waals surface area contributed by atoms with Gasteiger partial charge in [0.25, 0.3) is 0 Å². The molecule has 2 rings (SSSR count). The van der Waals surface area contributed by atoms with Gasteiger partial charge in [-0.2, -0.15) is 5.10 Å². The second-order valence-electron chi connectivity index (χ2n) is 3.82. The van der Waals surface area contributed by atoms with Crippen molar-refractivity contribution in [2.75, 3.05) is 13.7 Å². The molecule has 15 heavy (non-hydrogen) atoms. The van der Waals surface area contributed by atoms with Gasteiger partial charge in [-0.25, -0.2) is 0 Å². The van der Waals surface area contributed by atoms with Crippen LogP contribution in [-0.4, -0.2) is 29.5 Å². The van der Waals surface area contributed by atoms with Crippen LogP contribution < -0.4 is 5.32 Å². The average Bonchev–Trinajstić information content (AvgIpc) is 2.83. The van der Waals surface area contributed by atoms with Crippen molar-refractivity contribution >= 4 is 11.6 Å². The Balaban J connectivity index is 2.25. The molecule has 0 aliphatic carbocycles. The summed E-state index contributed by atoms with van der Waals surface area (Å²) < 4.78 is 7.49. The number of hydrogen-bond donors (Lipinski definition) is 1. The van der Waals surface area contributed by atoms with E-state index in [1.165, 1.54) is 0 Å². The Morgan fingerprint density at radius 2 is 2.53 bits per heavy atom. The standard InChI is InChI=1S/C10H16ClN3O/c1-12-9(8-4-3-5-15-8)10-7(11)6-13-14(10)2/h6,8-9,12H,3-5H2,1-2H3. The van der Waals surface area contributed by atoms with E-state index >= 15 is 0 Å². The number of likely N-dealkylation sites (N-methyl/N-ethyl adjacent to an activating group) is 1. The highest BCUT2D eigenvalue weighted by molar-refractivity contribution is 6.31. The van der Waals surface area contributed by atoms with E-state index in [0.29, 0.717) is 5.02 Å². The number of aromatic nitrogens is 2. The van der Waals surface area contributed by atoms with Gasteiger partial charge in [0.05, 0.1) is 29.1 Å². The fourth-order valence-electron chi connectivity index (χ4n) is 2.13. The molecule has 4 nitrogen and oxygen atoms in total. The Morgan fingerprint density at radius 1 is 1.73 bits per heavy atom. The highest BCUT2D eigenvalue weighted by atomic mass is 35.5. The van der Waals surface area contributed by atoms with Crippen LogP contribution in [0.1, 0.15) is 24.6 Å². The Bertz CT molecular complexity index is 314. The molecule has 2 heterocycles. The third-order valence-corrected chi connectivity index (χ3v) is 3.17. The highest BCUT2D eigenvalue weighted by Crippen LogP contribution is 2.30. The molecular formula is C10H16ClN3O. The first-order valence-corrected chi connectivity index (χ1v) is 5.58. The molecule has 1 fully saturated rings. The predicted molar refractivity (Wildman–Crippen MR) is 59.0 cm³/mol. The summed E-state index contributed by atoms with van der Waals surface area (Å²) in [5, 5.41) is 8.10. The number of nitrogens with zero attached hydrogens (tertiary/aromatic N) is 2. The van der Waals surface area contributed by atoms with E-state index in [1.54, 1.807) is 6.20 Å². The zero-order chi connectivity index (χ0) is 10.8. The highest BCUT2D eigenvalue weighted by Gasteiger charge is 2.29. The summed E-state index contributed by atoms with van der Waals surface area (Å²) in [4.78, 5) is 0. The lowest BCUT2D eigenvalue weighted by Gasteiger charge is -2.23. The van der Waals surface area contributed by atoms with Crippen LogP contribution in [-0.2, 0) is 11.8 Å². The van der Waals surface area contributed by atoms with E-state index in [2.05, 4.69) is 10.4 Å². The van der Waals surface area contributed by atoms with E-state index in [1.807, 2.05) is 18.8 Å². The van der Waals surface area contributed by atoms with Gasteiger partial charge in [0.15, 0.2) is 0 Å². The van der Waals surface area contributed by atoms with Gasteiger partial charge < -0.3 is 10.1 Å². The molecule has 0 radical (unpaired) electrons. The molecule has 0 amide bonds. The maximum atomic E-state index is 6.12. The Labute approximate surface area is 94.6 Å². The molecule has 1 aromatic rings. The van der Waals surface area contributed by atoms with Gasteiger partial charge in [0.2, 0.25) is 0 Å². The van der Waals surface area contributed by atoms with Crippen LogP contribution in [0.5, 0.6) is 0 Å². The van der Waals surface area contributed by atoms with Crippen LogP contribution >= 0.6 is 11.6 Å². The lowest BCUT2D eigenvalue weighted by molar-refractivity contribution is 0.0783. The lowest BCUT2D eigenvalue weighted by Crippen LogP contribution is -2.31. The average molecular weight is 230 g/mol. The normalized spacial score (nSPS) is 23.3. The van der Waals surface area contributed by atoms with Crippen molar-refractivity contribution in [2.45, 2.75) is 25.0 Å². The van der Waals surface area contributed by atoms with E-state index in [-0.39, 0.29) is 12.1 Å². The summed E-state index contributed by atoms with van der Waals surface area (Å²) in [6.45, 7) is 0.846. The molecule has 2 unspecified atom stereocenters. The van der Waals surface area contributed by atoms with Crippen LogP contribution in [0.4, 0.5) is 0 Å². The summed E-state index contributed by atoms with van der Waals surface area (Å²) in [5.74, 6) is 0. The van der Waals surface area contributed by atoms with Crippen molar-refractivity contribution in [2.24, 2.45) is 7.05 Å².